The molecule has 0 saturated heterocycles. The average Bonchev–Trinajstić information content (AvgIpc) is 2.67. The second-order valence-corrected chi connectivity index (χ2v) is 5.35. The van der Waals surface area contributed by atoms with Gasteiger partial charge in [0.1, 0.15) is 0 Å². The van der Waals surface area contributed by atoms with Crippen LogP contribution in [0.15, 0.2) is 48.5 Å². The molecule has 2 rings (SSSR count). The molecule has 0 heterocycles. The van der Waals surface area contributed by atoms with Crippen molar-refractivity contribution in [1.82, 2.24) is 10.6 Å². The highest BCUT2D eigenvalue weighted by molar-refractivity contribution is 5.74. The molecule has 0 unspecified atom stereocenters. The summed E-state index contributed by atoms with van der Waals surface area (Å²) in [6.07, 6.45) is -0.196. The minimum atomic E-state index is -0.275. The lowest BCUT2D eigenvalue weighted by Gasteiger charge is -2.17. The van der Waals surface area contributed by atoms with Crippen LogP contribution in [-0.4, -0.2) is 33.9 Å². The van der Waals surface area contributed by atoms with Gasteiger partial charge in [-0.05, 0) is 11.6 Å². The molecule has 0 aliphatic rings. The molecule has 0 radical (unpaired) electrons. The lowest BCUT2D eigenvalue weighted by atomic mass is 10.1. The summed E-state index contributed by atoms with van der Waals surface area (Å²) in [5.74, 6) is 1.25. The molecule has 2 N–H and O–H groups in total. The van der Waals surface area contributed by atoms with E-state index in [1.54, 1.807) is 21.3 Å². The molecule has 2 aromatic carbocycles. The number of rotatable bonds is 8. The third kappa shape index (κ3) is 5.12. The molecule has 25 heavy (non-hydrogen) atoms. The number of amides is 2. The van der Waals surface area contributed by atoms with E-state index in [4.69, 9.17) is 14.2 Å². The van der Waals surface area contributed by atoms with Gasteiger partial charge in [-0.3, -0.25) is 0 Å². The first-order valence-electron chi connectivity index (χ1n) is 7.99. The fourth-order valence-electron chi connectivity index (χ4n) is 2.52. The normalized spacial score (nSPS) is 11.5. The third-order valence-corrected chi connectivity index (χ3v) is 3.83. The van der Waals surface area contributed by atoms with Crippen LogP contribution in [-0.2, 0) is 11.3 Å². The molecule has 0 spiro atoms. The summed E-state index contributed by atoms with van der Waals surface area (Å²) in [6.45, 7) is 0.705. The second-order valence-electron chi connectivity index (χ2n) is 5.35. The SMILES string of the molecule is COc1cccc(CNC(=O)NC[C@H](OC)c2ccccc2)c1OC. The van der Waals surface area contributed by atoms with Gasteiger partial charge in [0.05, 0.1) is 20.3 Å². The maximum atomic E-state index is 12.1. The summed E-state index contributed by atoms with van der Waals surface area (Å²) in [5.41, 5.74) is 1.85. The Bertz CT molecular complexity index is 676. The summed E-state index contributed by atoms with van der Waals surface area (Å²) in [7, 11) is 4.78. The fourth-order valence-corrected chi connectivity index (χ4v) is 2.52. The largest absolute Gasteiger partial charge is 0.493 e. The summed E-state index contributed by atoms with van der Waals surface area (Å²) in [4.78, 5) is 12.1. The summed E-state index contributed by atoms with van der Waals surface area (Å²) >= 11 is 0. The maximum absolute atomic E-state index is 12.1. The van der Waals surface area contributed by atoms with Crippen LogP contribution >= 0.6 is 0 Å². The van der Waals surface area contributed by atoms with E-state index in [0.717, 1.165) is 11.1 Å². The number of carbonyl (C=O) groups is 1. The highest BCUT2D eigenvalue weighted by Gasteiger charge is 2.13. The minimum Gasteiger partial charge on any atom is -0.493 e. The zero-order chi connectivity index (χ0) is 18.1. The van der Waals surface area contributed by atoms with E-state index >= 15 is 0 Å². The van der Waals surface area contributed by atoms with Crippen molar-refractivity contribution in [2.45, 2.75) is 12.6 Å². The fraction of sp³-hybridized carbons (Fsp3) is 0.316. The van der Waals surface area contributed by atoms with Crippen molar-refractivity contribution < 1.29 is 19.0 Å². The standard InChI is InChI=1S/C19H24N2O4/c1-23-16-11-7-10-15(18(16)25-3)12-20-19(22)21-13-17(24-2)14-8-5-4-6-9-14/h4-11,17H,12-13H2,1-3H3,(H2,20,21,22)/t17-/m0/s1. The quantitative estimate of drug-likeness (QED) is 0.773. The number of hydrogen-bond donors (Lipinski definition) is 2. The molecular weight excluding hydrogens is 320 g/mol. The van der Waals surface area contributed by atoms with E-state index in [0.29, 0.717) is 24.6 Å². The van der Waals surface area contributed by atoms with Crippen molar-refractivity contribution in [3.8, 4) is 11.5 Å². The van der Waals surface area contributed by atoms with E-state index < -0.39 is 0 Å². The first kappa shape index (κ1) is 18.6. The first-order chi connectivity index (χ1) is 12.2. The Labute approximate surface area is 148 Å². The Hall–Kier alpha value is -2.73. The van der Waals surface area contributed by atoms with Crippen molar-refractivity contribution in [2.75, 3.05) is 27.9 Å². The molecule has 2 amide bonds. The number of carbonyl (C=O) groups excluding carboxylic acids is 1. The molecule has 1 atom stereocenters. The summed E-state index contributed by atoms with van der Waals surface area (Å²) in [5, 5.41) is 5.64. The van der Waals surface area contributed by atoms with Gasteiger partial charge < -0.3 is 24.8 Å². The molecule has 134 valence electrons. The zero-order valence-corrected chi connectivity index (χ0v) is 14.7. The Morgan fingerprint density at radius 3 is 2.36 bits per heavy atom. The number of methoxy groups -OCH3 is 3. The number of ether oxygens (including phenoxy) is 3. The number of nitrogens with one attached hydrogen (secondary N) is 2. The Balaban J connectivity index is 1.89. The molecule has 6 nitrogen and oxygen atoms in total. The van der Waals surface area contributed by atoms with Gasteiger partial charge in [-0.25, -0.2) is 4.79 Å². The summed E-state index contributed by atoms with van der Waals surface area (Å²) in [6, 6.07) is 15.0. The second kappa shape index (κ2) is 9.54. The van der Waals surface area contributed by atoms with Crippen LogP contribution < -0.4 is 20.1 Å². The van der Waals surface area contributed by atoms with Crippen LogP contribution in [0, 0.1) is 0 Å². The monoisotopic (exact) mass is 344 g/mol. The van der Waals surface area contributed by atoms with Crippen LogP contribution in [0.2, 0.25) is 0 Å². The predicted molar refractivity (Wildman–Crippen MR) is 96.0 cm³/mol. The van der Waals surface area contributed by atoms with Crippen molar-refractivity contribution >= 4 is 6.03 Å². The van der Waals surface area contributed by atoms with E-state index in [1.807, 2.05) is 48.5 Å². The van der Waals surface area contributed by atoms with Crippen LogP contribution in [0.1, 0.15) is 17.2 Å². The van der Waals surface area contributed by atoms with Gasteiger partial charge in [0.15, 0.2) is 11.5 Å². The van der Waals surface area contributed by atoms with Crippen LogP contribution in [0.3, 0.4) is 0 Å². The average molecular weight is 344 g/mol. The molecular formula is C19H24N2O4. The molecule has 0 saturated carbocycles. The Morgan fingerprint density at radius 2 is 1.72 bits per heavy atom. The predicted octanol–water partition coefficient (Wildman–Crippen LogP) is 2.89. The van der Waals surface area contributed by atoms with Gasteiger partial charge >= 0.3 is 6.03 Å². The minimum absolute atomic E-state index is 0.196. The molecule has 2 aromatic rings. The summed E-state index contributed by atoms with van der Waals surface area (Å²) < 4.78 is 16.1. The van der Waals surface area contributed by atoms with Crippen molar-refractivity contribution in [3.05, 3.63) is 59.7 Å². The van der Waals surface area contributed by atoms with E-state index in [1.165, 1.54) is 0 Å². The molecule has 0 aliphatic carbocycles. The topological polar surface area (TPSA) is 68.8 Å². The smallest absolute Gasteiger partial charge is 0.315 e. The van der Waals surface area contributed by atoms with Gasteiger partial charge in [0, 0.05) is 25.8 Å². The number of benzene rings is 2. The number of urea groups is 1. The van der Waals surface area contributed by atoms with Gasteiger partial charge in [0.2, 0.25) is 0 Å². The number of para-hydroxylation sites is 1. The van der Waals surface area contributed by atoms with Crippen molar-refractivity contribution in [3.63, 3.8) is 0 Å². The van der Waals surface area contributed by atoms with Crippen molar-refractivity contribution in [1.29, 1.82) is 0 Å². The van der Waals surface area contributed by atoms with Crippen LogP contribution in [0.25, 0.3) is 0 Å². The van der Waals surface area contributed by atoms with Gasteiger partial charge in [0.25, 0.3) is 0 Å². The van der Waals surface area contributed by atoms with Gasteiger partial charge in [-0.1, -0.05) is 42.5 Å². The molecule has 6 heteroatoms. The highest BCUT2D eigenvalue weighted by atomic mass is 16.5. The van der Waals surface area contributed by atoms with E-state index in [2.05, 4.69) is 10.6 Å². The highest BCUT2D eigenvalue weighted by Crippen LogP contribution is 2.30. The van der Waals surface area contributed by atoms with Gasteiger partial charge in [-0.2, -0.15) is 0 Å². The van der Waals surface area contributed by atoms with E-state index in [9.17, 15) is 4.79 Å². The molecule has 0 aromatic heterocycles. The van der Waals surface area contributed by atoms with Crippen LogP contribution in [0.4, 0.5) is 4.79 Å². The third-order valence-electron chi connectivity index (χ3n) is 3.83. The molecule has 0 bridgehead atoms. The van der Waals surface area contributed by atoms with E-state index in [-0.39, 0.29) is 12.1 Å². The zero-order valence-electron chi connectivity index (χ0n) is 14.7. The lowest BCUT2D eigenvalue weighted by Crippen LogP contribution is -2.37. The molecule has 0 fully saturated rings. The maximum Gasteiger partial charge on any atom is 0.315 e. The van der Waals surface area contributed by atoms with Crippen LogP contribution in [0.5, 0.6) is 11.5 Å². The Morgan fingerprint density at radius 1 is 0.960 bits per heavy atom. The van der Waals surface area contributed by atoms with Gasteiger partial charge in [-0.15, -0.1) is 0 Å². The Kier molecular flexibility index (Phi) is 7.10. The van der Waals surface area contributed by atoms with Crippen molar-refractivity contribution in [2.24, 2.45) is 0 Å². The molecule has 0 aliphatic heterocycles. The lowest BCUT2D eigenvalue weighted by molar-refractivity contribution is 0.104. The first-order valence-corrected chi connectivity index (χ1v) is 7.99. The number of hydrogen-bond acceptors (Lipinski definition) is 4.